The van der Waals surface area contributed by atoms with Gasteiger partial charge in [-0.1, -0.05) is 6.92 Å². The van der Waals surface area contributed by atoms with Gasteiger partial charge >= 0.3 is 11.9 Å². The first kappa shape index (κ1) is 17.1. The van der Waals surface area contributed by atoms with Gasteiger partial charge in [0.1, 0.15) is 5.92 Å². The first-order valence-corrected chi connectivity index (χ1v) is 6.14. The Labute approximate surface area is 113 Å². The van der Waals surface area contributed by atoms with Gasteiger partial charge < -0.3 is 9.47 Å². The molecule has 0 amide bonds. The minimum atomic E-state index is -4.50. The summed E-state index contributed by atoms with van der Waals surface area (Å²) in [5, 5.41) is 0. The Morgan fingerprint density at radius 3 is 2.25 bits per heavy atom. The number of esters is 1. The highest BCUT2D eigenvalue weighted by Gasteiger charge is 2.78. The molecule has 0 N–H and O–H groups in total. The smallest absolute Gasteiger partial charge is 0.317 e. The van der Waals surface area contributed by atoms with E-state index in [1.54, 1.807) is 0 Å². The summed E-state index contributed by atoms with van der Waals surface area (Å²) in [4.78, 5) is 11.5. The van der Waals surface area contributed by atoms with E-state index in [0.29, 0.717) is 0 Å². The largest absolute Gasteiger partial charge is 0.438 e. The molecule has 0 spiro atoms. The summed E-state index contributed by atoms with van der Waals surface area (Å²) in [6.07, 6.45) is -0.921. The van der Waals surface area contributed by atoms with Crippen LogP contribution in [0, 0.1) is 11.8 Å². The maximum atomic E-state index is 14.5. The number of carbonyl (C=O) groups is 1. The molecule has 1 aliphatic rings. The molecule has 0 aromatic heterocycles. The van der Waals surface area contributed by atoms with E-state index in [0.717, 1.165) is 7.11 Å². The molecule has 0 aliphatic heterocycles. The quantitative estimate of drug-likeness (QED) is 0.444. The molecule has 0 bridgehead atoms. The maximum Gasteiger partial charge on any atom is 0.317 e. The standard InChI is InChI=1S/C12H17F5O3/c1-4-7-5-8(9(18)20-6-19-3)12(16,17)11(7,15)10(2,13)14/h7-8H,4-6H2,1-3H3. The zero-order valence-corrected chi connectivity index (χ0v) is 11.4. The predicted molar refractivity (Wildman–Crippen MR) is 59.3 cm³/mol. The topological polar surface area (TPSA) is 35.5 Å². The Balaban J connectivity index is 3.13. The Morgan fingerprint density at radius 2 is 1.90 bits per heavy atom. The molecule has 1 aliphatic carbocycles. The summed E-state index contributed by atoms with van der Waals surface area (Å²) >= 11 is 0. The van der Waals surface area contributed by atoms with Gasteiger partial charge in [-0.2, -0.15) is 0 Å². The van der Waals surface area contributed by atoms with Crippen molar-refractivity contribution < 1.29 is 36.2 Å². The van der Waals surface area contributed by atoms with Crippen molar-refractivity contribution in [1.82, 2.24) is 0 Å². The highest BCUT2D eigenvalue weighted by atomic mass is 19.3. The maximum absolute atomic E-state index is 14.5. The lowest BCUT2D eigenvalue weighted by atomic mass is 9.83. The Morgan fingerprint density at radius 1 is 1.35 bits per heavy atom. The molecule has 3 nitrogen and oxygen atoms in total. The van der Waals surface area contributed by atoms with Gasteiger partial charge in [0.2, 0.25) is 5.67 Å². The second-order valence-electron chi connectivity index (χ2n) is 4.99. The second kappa shape index (κ2) is 5.46. The third-order valence-corrected chi connectivity index (χ3v) is 3.74. The lowest BCUT2D eigenvalue weighted by Gasteiger charge is -2.37. The number of carbonyl (C=O) groups excluding carboxylic acids is 1. The molecular formula is C12H17F5O3. The van der Waals surface area contributed by atoms with E-state index < -0.39 is 48.5 Å². The van der Waals surface area contributed by atoms with Crippen molar-refractivity contribution in [2.75, 3.05) is 13.9 Å². The van der Waals surface area contributed by atoms with Crippen molar-refractivity contribution in [2.24, 2.45) is 11.8 Å². The van der Waals surface area contributed by atoms with Crippen molar-refractivity contribution in [2.45, 2.75) is 44.2 Å². The number of halogens is 5. The molecule has 3 atom stereocenters. The number of hydrogen-bond donors (Lipinski definition) is 0. The van der Waals surface area contributed by atoms with Crippen molar-refractivity contribution in [3.63, 3.8) is 0 Å². The monoisotopic (exact) mass is 304 g/mol. The third kappa shape index (κ3) is 2.38. The van der Waals surface area contributed by atoms with Crippen LogP contribution in [0.1, 0.15) is 26.7 Å². The Bertz CT molecular complexity index is 369. The molecule has 1 fully saturated rings. The van der Waals surface area contributed by atoms with Crippen LogP contribution in [0.2, 0.25) is 0 Å². The molecular weight excluding hydrogens is 287 g/mol. The number of hydrogen-bond acceptors (Lipinski definition) is 3. The number of alkyl halides is 5. The van der Waals surface area contributed by atoms with Crippen LogP contribution in [-0.2, 0) is 14.3 Å². The van der Waals surface area contributed by atoms with Gasteiger partial charge in [0.15, 0.2) is 6.79 Å². The Kier molecular flexibility index (Phi) is 4.68. The third-order valence-electron chi connectivity index (χ3n) is 3.74. The van der Waals surface area contributed by atoms with Gasteiger partial charge in [-0.05, 0) is 12.8 Å². The normalized spacial score (nSPS) is 33.2. The van der Waals surface area contributed by atoms with Crippen molar-refractivity contribution >= 4 is 5.97 Å². The van der Waals surface area contributed by atoms with E-state index in [2.05, 4.69) is 9.47 Å². The summed E-state index contributed by atoms with van der Waals surface area (Å²) in [5.41, 5.74) is -4.06. The van der Waals surface area contributed by atoms with Crippen LogP contribution in [-0.4, -0.2) is 37.4 Å². The van der Waals surface area contributed by atoms with Gasteiger partial charge in [0.05, 0.1) is 0 Å². The molecule has 0 radical (unpaired) electrons. The van der Waals surface area contributed by atoms with Crippen LogP contribution in [0.15, 0.2) is 0 Å². The van der Waals surface area contributed by atoms with Crippen molar-refractivity contribution in [1.29, 1.82) is 0 Å². The molecule has 118 valence electrons. The van der Waals surface area contributed by atoms with E-state index in [-0.39, 0.29) is 13.3 Å². The fourth-order valence-corrected chi connectivity index (χ4v) is 2.68. The highest BCUT2D eigenvalue weighted by molar-refractivity contribution is 5.74. The lowest BCUT2D eigenvalue weighted by Crippen LogP contribution is -2.58. The van der Waals surface area contributed by atoms with Crippen LogP contribution in [0.25, 0.3) is 0 Å². The number of rotatable bonds is 5. The summed E-state index contributed by atoms with van der Waals surface area (Å²) in [7, 11) is 1.16. The average Bonchev–Trinajstić information content (AvgIpc) is 2.55. The van der Waals surface area contributed by atoms with Crippen LogP contribution in [0.3, 0.4) is 0 Å². The number of ether oxygens (including phenoxy) is 2. The van der Waals surface area contributed by atoms with E-state index in [9.17, 15) is 26.7 Å². The summed E-state index contributed by atoms with van der Waals surface area (Å²) in [6.45, 7) is 0.833. The van der Waals surface area contributed by atoms with Gasteiger partial charge in [-0.25, -0.2) is 22.0 Å². The molecule has 0 heterocycles. The molecule has 0 aromatic carbocycles. The minimum Gasteiger partial charge on any atom is -0.438 e. The van der Waals surface area contributed by atoms with Gasteiger partial charge in [-0.3, -0.25) is 4.79 Å². The Hall–Kier alpha value is -0.920. The molecule has 3 unspecified atom stereocenters. The van der Waals surface area contributed by atoms with Gasteiger partial charge in [-0.15, -0.1) is 0 Å². The van der Waals surface area contributed by atoms with Crippen LogP contribution in [0.5, 0.6) is 0 Å². The first-order valence-electron chi connectivity index (χ1n) is 6.14. The lowest BCUT2D eigenvalue weighted by molar-refractivity contribution is -0.251. The van der Waals surface area contributed by atoms with Crippen LogP contribution < -0.4 is 0 Å². The van der Waals surface area contributed by atoms with E-state index in [1.807, 2.05) is 0 Å². The van der Waals surface area contributed by atoms with Crippen LogP contribution in [0.4, 0.5) is 22.0 Å². The summed E-state index contributed by atoms with van der Waals surface area (Å²) in [5.74, 6) is -14.1. The molecule has 8 heteroatoms. The van der Waals surface area contributed by atoms with Crippen LogP contribution >= 0.6 is 0 Å². The summed E-state index contributed by atoms with van der Waals surface area (Å²) in [6, 6.07) is 0. The highest BCUT2D eigenvalue weighted by Crippen LogP contribution is 2.60. The molecule has 1 saturated carbocycles. The zero-order chi connectivity index (χ0) is 15.8. The summed E-state index contributed by atoms with van der Waals surface area (Å²) < 4.78 is 78.1. The molecule has 0 aromatic rings. The van der Waals surface area contributed by atoms with Crippen molar-refractivity contribution in [3.8, 4) is 0 Å². The van der Waals surface area contributed by atoms with Gasteiger partial charge in [0, 0.05) is 20.0 Å². The minimum absolute atomic E-state index is 0.104. The molecule has 20 heavy (non-hydrogen) atoms. The predicted octanol–water partition coefficient (Wildman–Crippen LogP) is 3.18. The molecule has 0 saturated heterocycles. The van der Waals surface area contributed by atoms with E-state index >= 15 is 0 Å². The van der Waals surface area contributed by atoms with E-state index in [4.69, 9.17) is 0 Å². The zero-order valence-electron chi connectivity index (χ0n) is 11.4. The fraction of sp³-hybridized carbons (Fsp3) is 0.917. The van der Waals surface area contributed by atoms with E-state index in [1.165, 1.54) is 6.92 Å². The number of methoxy groups -OCH3 is 1. The first-order chi connectivity index (χ1) is 9.04. The molecule has 1 rings (SSSR count). The average molecular weight is 304 g/mol. The fourth-order valence-electron chi connectivity index (χ4n) is 2.68. The second-order valence-corrected chi connectivity index (χ2v) is 4.99. The van der Waals surface area contributed by atoms with Gasteiger partial charge in [0.25, 0.3) is 5.92 Å². The van der Waals surface area contributed by atoms with Crippen molar-refractivity contribution in [3.05, 3.63) is 0 Å². The SMILES string of the molecule is CCC1CC(C(=O)OCOC)C(F)(F)C1(F)C(C)(F)F.